The molecule has 0 radical (unpaired) electrons. The van der Waals surface area contributed by atoms with E-state index in [1.165, 1.54) is 18.7 Å². The first kappa shape index (κ1) is 15.2. The molecule has 1 amide bonds. The number of hydrogen-bond donors (Lipinski definition) is 2. The number of ketones is 1. The number of aryl methyl sites for hydroxylation is 1. The third kappa shape index (κ3) is 4.16. The van der Waals surface area contributed by atoms with Gasteiger partial charge in [-0.2, -0.15) is 0 Å². The summed E-state index contributed by atoms with van der Waals surface area (Å²) >= 11 is 1.28. The van der Waals surface area contributed by atoms with E-state index in [9.17, 15) is 9.59 Å². The van der Waals surface area contributed by atoms with Gasteiger partial charge in [0.1, 0.15) is 5.82 Å². The van der Waals surface area contributed by atoms with Crippen molar-refractivity contribution >= 4 is 29.1 Å². The minimum Gasteiger partial charge on any atom is -0.325 e. The molecule has 0 aliphatic heterocycles. The minimum absolute atomic E-state index is 0.00298. The maximum absolute atomic E-state index is 12.1. The molecule has 0 saturated heterocycles. The highest BCUT2D eigenvalue weighted by atomic mass is 32.2. The van der Waals surface area contributed by atoms with Crippen molar-refractivity contribution in [1.82, 2.24) is 15.2 Å². The van der Waals surface area contributed by atoms with Gasteiger partial charge in [0.15, 0.2) is 5.78 Å². The number of nitrogens with one attached hydrogen (secondary N) is 2. The summed E-state index contributed by atoms with van der Waals surface area (Å²) in [5, 5.41) is 9.73. The highest BCUT2D eigenvalue weighted by Gasteiger charge is 2.17. The first-order valence-corrected chi connectivity index (χ1v) is 7.31. The van der Waals surface area contributed by atoms with Gasteiger partial charge in [-0.1, -0.05) is 11.8 Å². The average molecular weight is 304 g/mol. The lowest BCUT2D eigenvalue weighted by molar-refractivity contribution is -0.115. The van der Waals surface area contributed by atoms with Crippen molar-refractivity contribution < 1.29 is 9.59 Å². The third-order valence-corrected chi connectivity index (χ3v) is 3.75. The summed E-state index contributed by atoms with van der Waals surface area (Å²) in [5.74, 6) is 0.569. The van der Waals surface area contributed by atoms with Crippen molar-refractivity contribution in [3.63, 3.8) is 0 Å². The summed E-state index contributed by atoms with van der Waals surface area (Å²) in [4.78, 5) is 27.4. The van der Waals surface area contributed by atoms with Gasteiger partial charge in [0.05, 0.1) is 5.25 Å². The first-order chi connectivity index (χ1) is 9.95. The van der Waals surface area contributed by atoms with Gasteiger partial charge in [-0.3, -0.25) is 14.7 Å². The molecule has 1 aromatic heterocycles. The second-order valence-corrected chi connectivity index (χ2v) is 5.89. The predicted molar refractivity (Wildman–Crippen MR) is 81.5 cm³/mol. The zero-order valence-corrected chi connectivity index (χ0v) is 12.8. The van der Waals surface area contributed by atoms with Crippen molar-refractivity contribution in [1.29, 1.82) is 0 Å². The van der Waals surface area contributed by atoms with E-state index in [-0.39, 0.29) is 16.9 Å². The Kier molecular flexibility index (Phi) is 4.74. The van der Waals surface area contributed by atoms with Gasteiger partial charge in [0, 0.05) is 11.3 Å². The fourth-order valence-corrected chi connectivity index (χ4v) is 2.39. The lowest BCUT2D eigenvalue weighted by Gasteiger charge is -2.10. The molecule has 6 nitrogen and oxygen atoms in total. The van der Waals surface area contributed by atoms with Gasteiger partial charge in [-0.25, -0.2) is 4.98 Å². The second kappa shape index (κ2) is 6.53. The number of benzene rings is 1. The summed E-state index contributed by atoms with van der Waals surface area (Å²) in [6.45, 7) is 5.10. The molecule has 2 aromatic rings. The number of hydrogen-bond acceptors (Lipinski definition) is 5. The van der Waals surface area contributed by atoms with Crippen LogP contribution in [-0.4, -0.2) is 32.1 Å². The van der Waals surface area contributed by atoms with E-state index in [0.717, 1.165) is 0 Å². The molecule has 0 fully saturated rings. The maximum Gasteiger partial charge on any atom is 0.237 e. The smallest absolute Gasteiger partial charge is 0.237 e. The van der Waals surface area contributed by atoms with Crippen LogP contribution < -0.4 is 5.32 Å². The quantitative estimate of drug-likeness (QED) is 0.654. The SMILES string of the molecule is CC(=O)c1ccc(NC(=O)[C@@H](C)Sc2n[nH]c(C)n2)cc1. The number of nitrogens with zero attached hydrogens (tertiary/aromatic N) is 2. The van der Waals surface area contributed by atoms with E-state index in [4.69, 9.17) is 0 Å². The zero-order chi connectivity index (χ0) is 15.4. The van der Waals surface area contributed by atoms with E-state index in [0.29, 0.717) is 22.2 Å². The van der Waals surface area contributed by atoms with Crippen molar-refractivity contribution in [2.24, 2.45) is 0 Å². The van der Waals surface area contributed by atoms with Crippen LogP contribution in [0.15, 0.2) is 29.4 Å². The molecule has 0 aliphatic rings. The monoisotopic (exact) mass is 304 g/mol. The Hall–Kier alpha value is -2.15. The molecule has 7 heteroatoms. The van der Waals surface area contributed by atoms with Crippen LogP contribution in [0.5, 0.6) is 0 Å². The molecular formula is C14H16N4O2S. The van der Waals surface area contributed by atoms with Gasteiger partial charge < -0.3 is 5.32 Å². The van der Waals surface area contributed by atoms with Crippen LogP contribution in [0.25, 0.3) is 0 Å². The molecule has 1 heterocycles. The molecule has 0 aliphatic carbocycles. The fraction of sp³-hybridized carbons (Fsp3) is 0.286. The molecular weight excluding hydrogens is 288 g/mol. The number of H-pyrrole nitrogens is 1. The van der Waals surface area contributed by atoms with Crippen LogP contribution in [0.3, 0.4) is 0 Å². The molecule has 0 bridgehead atoms. The van der Waals surface area contributed by atoms with E-state index >= 15 is 0 Å². The van der Waals surface area contributed by atoms with Crippen LogP contribution in [0.2, 0.25) is 0 Å². The van der Waals surface area contributed by atoms with Crippen molar-refractivity contribution in [3.05, 3.63) is 35.7 Å². The van der Waals surface area contributed by atoms with Gasteiger partial charge in [-0.15, -0.1) is 5.10 Å². The number of rotatable bonds is 5. The van der Waals surface area contributed by atoms with Gasteiger partial charge in [-0.05, 0) is 45.0 Å². The molecule has 0 spiro atoms. The normalized spacial score (nSPS) is 12.0. The van der Waals surface area contributed by atoms with Crippen LogP contribution in [0.1, 0.15) is 30.0 Å². The summed E-state index contributed by atoms with van der Waals surface area (Å²) in [6.07, 6.45) is 0. The molecule has 110 valence electrons. The highest BCUT2D eigenvalue weighted by Crippen LogP contribution is 2.20. The number of aromatic amines is 1. The number of aromatic nitrogens is 3. The Labute approximate surface area is 126 Å². The van der Waals surface area contributed by atoms with E-state index in [2.05, 4.69) is 20.5 Å². The number of carbonyl (C=O) groups is 2. The van der Waals surface area contributed by atoms with Crippen molar-refractivity contribution in [2.75, 3.05) is 5.32 Å². The number of anilines is 1. The number of Topliss-reactive ketones (excluding diaryl/α,β-unsaturated/α-hetero) is 1. The summed E-state index contributed by atoms with van der Waals surface area (Å²) in [7, 11) is 0. The molecule has 2 rings (SSSR count). The van der Waals surface area contributed by atoms with E-state index in [1.54, 1.807) is 38.1 Å². The van der Waals surface area contributed by atoms with Crippen molar-refractivity contribution in [3.8, 4) is 0 Å². The standard InChI is InChI=1S/C14H16N4O2S/c1-8(19)11-4-6-12(7-5-11)16-13(20)9(2)21-14-15-10(3)17-18-14/h4-7,9H,1-3H3,(H,16,20)(H,15,17,18)/t9-/m1/s1. The molecule has 1 atom stereocenters. The summed E-state index contributed by atoms with van der Waals surface area (Å²) in [6, 6.07) is 6.80. The molecule has 21 heavy (non-hydrogen) atoms. The summed E-state index contributed by atoms with van der Waals surface area (Å²) < 4.78 is 0. The fourth-order valence-electron chi connectivity index (χ4n) is 1.62. The Morgan fingerprint density at radius 2 is 1.95 bits per heavy atom. The Bertz CT molecular complexity index is 651. The van der Waals surface area contributed by atoms with Gasteiger partial charge >= 0.3 is 0 Å². The van der Waals surface area contributed by atoms with Gasteiger partial charge in [0.25, 0.3) is 0 Å². The lowest BCUT2D eigenvalue weighted by atomic mass is 10.1. The first-order valence-electron chi connectivity index (χ1n) is 6.43. The topological polar surface area (TPSA) is 87.7 Å². The Balaban J connectivity index is 1.95. The van der Waals surface area contributed by atoms with Crippen LogP contribution in [0.4, 0.5) is 5.69 Å². The zero-order valence-electron chi connectivity index (χ0n) is 12.0. The summed E-state index contributed by atoms with van der Waals surface area (Å²) in [5.41, 5.74) is 1.27. The van der Waals surface area contributed by atoms with Crippen LogP contribution in [0, 0.1) is 6.92 Å². The maximum atomic E-state index is 12.1. The Morgan fingerprint density at radius 1 is 1.29 bits per heavy atom. The molecule has 2 N–H and O–H groups in total. The van der Waals surface area contributed by atoms with Crippen LogP contribution >= 0.6 is 11.8 Å². The number of carbonyl (C=O) groups excluding carboxylic acids is 2. The van der Waals surface area contributed by atoms with Crippen LogP contribution in [-0.2, 0) is 4.79 Å². The minimum atomic E-state index is -0.326. The predicted octanol–water partition coefficient (Wildman–Crippen LogP) is 2.44. The lowest BCUT2D eigenvalue weighted by Crippen LogP contribution is -2.22. The Morgan fingerprint density at radius 3 is 2.48 bits per heavy atom. The largest absolute Gasteiger partial charge is 0.325 e. The van der Waals surface area contributed by atoms with Gasteiger partial charge in [0.2, 0.25) is 11.1 Å². The average Bonchev–Trinajstić information content (AvgIpc) is 2.84. The third-order valence-electron chi connectivity index (χ3n) is 2.79. The van der Waals surface area contributed by atoms with E-state index in [1.807, 2.05) is 0 Å². The van der Waals surface area contributed by atoms with Crippen molar-refractivity contribution in [2.45, 2.75) is 31.2 Å². The molecule has 1 aromatic carbocycles. The molecule has 0 unspecified atom stereocenters. The molecule has 0 saturated carbocycles. The number of amides is 1. The number of thioether (sulfide) groups is 1. The second-order valence-electron chi connectivity index (χ2n) is 4.59. The van der Waals surface area contributed by atoms with E-state index < -0.39 is 0 Å². The highest BCUT2D eigenvalue weighted by molar-refractivity contribution is 8.00.